The third kappa shape index (κ3) is 4.81. The molecule has 4 heterocycles. The second kappa shape index (κ2) is 10.2. The van der Waals surface area contributed by atoms with Crippen LogP contribution in [0.3, 0.4) is 0 Å². The zero-order chi connectivity index (χ0) is 23.7. The number of aromatic amines is 1. The van der Waals surface area contributed by atoms with E-state index >= 15 is 0 Å². The number of piperazine rings is 1. The number of H-pyrrole nitrogens is 1. The molecule has 0 spiro atoms. The molecule has 5 nitrogen and oxygen atoms in total. The minimum absolute atomic E-state index is 0.0616. The third-order valence-corrected chi connectivity index (χ3v) is 8.49. The van der Waals surface area contributed by atoms with Crippen LogP contribution in [0.1, 0.15) is 42.9 Å². The summed E-state index contributed by atoms with van der Waals surface area (Å²) in [6.07, 6.45) is 4.28. The number of hydrogen-bond acceptors (Lipinski definition) is 4. The summed E-state index contributed by atoms with van der Waals surface area (Å²) in [5, 5.41) is 3.57. The van der Waals surface area contributed by atoms with Gasteiger partial charge in [0, 0.05) is 51.2 Å². The quantitative estimate of drug-likeness (QED) is 0.515. The Morgan fingerprint density at radius 2 is 1.74 bits per heavy atom. The Bertz CT molecular complexity index is 1110. The van der Waals surface area contributed by atoms with Crippen LogP contribution in [-0.2, 0) is 11.2 Å². The van der Waals surface area contributed by atoms with Gasteiger partial charge in [-0.25, -0.2) is 0 Å². The second-order valence-electron chi connectivity index (χ2n) is 10.1. The van der Waals surface area contributed by atoms with Crippen molar-refractivity contribution in [1.29, 1.82) is 0 Å². The highest BCUT2D eigenvalue weighted by atomic mass is 32.1. The molecule has 2 fully saturated rings. The maximum Gasteiger partial charge on any atom is 0.239 e. The summed E-state index contributed by atoms with van der Waals surface area (Å²) in [7, 11) is 0. The van der Waals surface area contributed by atoms with Crippen LogP contribution in [0.5, 0.6) is 0 Å². The number of fused-ring (bicyclic) bond motifs is 1. The molecule has 2 aromatic heterocycles. The van der Waals surface area contributed by atoms with Gasteiger partial charge in [0.15, 0.2) is 0 Å². The van der Waals surface area contributed by atoms with E-state index in [1.165, 1.54) is 38.2 Å². The Labute approximate surface area is 207 Å². The molecule has 2 aliphatic heterocycles. The molecule has 34 heavy (non-hydrogen) atoms. The predicted octanol–water partition coefficient (Wildman–Crippen LogP) is 5.07. The number of benzene rings is 1. The zero-order valence-electron chi connectivity index (χ0n) is 20.9. The van der Waals surface area contributed by atoms with Gasteiger partial charge in [-0.1, -0.05) is 24.1 Å². The van der Waals surface area contributed by atoms with Crippen LogP contribution < -0.4 is 0 Å². The van der Waals surface area contributed by atoms with Gasteiger partial charge in [0.2, 0.25) is 5.91 Å². The number of nitrogens with one attached hydrogen (secondary N) is 1. The third-order valence-electron chi connectivity index (χ3n) is 7.66. The number of carbonyl (C=O) groups excluding carboxylic acids is 1. The van der Waals surface area contributed by atoms with Gasteiger partial charge < -0.3 is 14.8 Å². The topological polar surface area (TPSA) is 42.6 Å². The minimum atomic E-state index is 0.0616. The van der Waals surface area contributed by atoms with E-state index in [-0.39, 0.29) is 6.04 Å². The molecule has 0 saturated carbocycles. The Kier molecular flexibility index (Phi) is 7.09. The van der Waals surface area contributed by atoms with Crippen LogP contribution in [0, 0.1) is 13.8 Å². The monoisotopic (exact) mass is 478 g/mol. The average molecular weight is 479 g/mol. The molecule has 5 rings (SSSR count). The largest absolute Gasteiger partial charge is 0.346 e. The van der Waals surface area contributed by atoms with Crippen LogP contribution in [0.2, 0.25) is 0 Å². The smallest absolute Gasteiger partial charge is 0.239 e. The first-order chi connectivity index (χ1) is 16.5. The lowest BCUT2D eigenvalue weighted by molar-refractivity contribution is -0.136. The van der Waals surface area contributed by atoms with Gasteiger partial charge in [-0.15, -0.1) is 11.3 Å². The summed E-state index contributed by atoms with van der Waals surface area (Å²) in [5.41, 5.74) is 6.65. The first-order valence-electron chi connectivity index (χ1n) is 13.0. The fraction of sp³-hybridized carbons (Fsp3) is 0.536. The zero-order valence-corrected chi connectivity index (χ0v) is 21.7. The molecule has 2 aliphatic rings. The molecule has 0 aliphatic carbocycles. The Balaban J connectivity index is 1.24. The number of aromatic nitrogens is 1. The maximum absolute atomic E-state index is 13.0. The number of amides is 1. The molecule has 3 aromatic rings. The fourth-order valence-electron chi connectivity index (χ4n) is 5.90. The molecular formula is C28H38N4OS. The number of likely N-dealkylation sites (tertiary alicyclic amines) is 1. The first kappa shape index (κ1) is 23.6. The van der Waals surface area contributed by atoms with Crippen molar-refractivity contribution in [3.63, 3.8) is 0 Å². The molecular weight excluding hydrogens is 440 g/mol. The number of thiophene rings is 1. The second-order valence-corrected chi connectivity index (χ2v) is 11.0. The standard InChI is InChI=1S/C28H38N4OS/c1-4-25(28(33)32-9-5-6-10-32)31-14-12-30(13-15-31)11-7-23-24-8-16-34-27(24)29-26(23)22-18-20(2)17-21(3)19-22/h8,16-19,25,29H,4-7,9-15H2,1-3H3. The minimum Gasteiger partial charge on any atom is -0.346 e. The first-order valence-corrected chi connectivity index (χ1v) is 13.8. The van der Waals surface area contributed by atoms with Crippen LogP contribution >= 0.6 is 11.3 Å². The Hall–Kier alpha value is -2.15. The number of aryl methyl sites for hydroxylation is 2. The summed E-state index contributed by atoms with van der Waals surface area (Å²) >= 11 is 1.79. The molecule has 1 aromatic carbocycles. The summed E-state index contributed by atoms with van der Waals surface area (Å²) < 4.78 is 0. The predicted molar refractivity (Wildman–Crippen MR) is 143 cm³/mol. The van der Waals surface area contributed by atoms with Crippen molar-refractivity contribution >= 4 is 27.5 Å². The van der Waals surface area contributed by atoms with E-state index < -0.39 is 0 Å². The van der Waals surface area contributed by atoms with Gasteiger partial charge >= 0.3 is 0 Å². The molecule has 6 heteroatoms. The SMILES string of the molecule is CCC(C(=O)N1CCCC1)N1CCN(CCc2c(-c3cc(C)cc(C)c3)[nH]c3sccc23)CC1. The highest BCUT2D eigenvalue weighted by Gasteiger charge is 2.31. The Morgan fingerprint density at radius 3 is 2.41 bits per heavy atom. The van der Waals surface area contributed by atoms with Gasteiger partial charge in [0.05, 0.1) is 11.7 Å². The molecule has 1 amide bonds. The highest BCUT2D eigenvalue weighted by molar-refractivity contribution is 7.16. The van der Waals surface area contributed by atoms with Crippen LogP contribution in [0.4, 0.5) is 0 Å². The van der Waals surface area contributed by atoms with E-state index in [4.69, 9.17) is 0 Å². The summed E-state index contributed by atoms with van der Waals surface area (Å²) in [6.45, 7) is 13.5. The molecule has 0 bridgehead atoms. The van der Waals surface area contributed by atoms with E-state index in [9.17, 15) is 4.79 Å². The van der Waals surface area contributed by atoms with Gasteiger partial charge in [0.1, 0.15) is 4.83 Å². The molecule has 1 atom stereocenters. The van der Waals surface area contributed by atoms with Crippen molar-refractivity contribution < 1.29 is 4.79 Å². The van der Waals surface area contributed by atoms with Crippen LogP contribution in [0.15, 0.2) is 29.6 Å². The number of hydrogen-bond donors (Lipinski definition) is 1. The van der Waals surface area contributed by atoms with Crippen LogP contribution in [0.25, 0.3) is 21.5 Å². The van der Waals surface area contributed by atoms with Crippen molar-refractivity contribution in [1.82, 2.24) is 19.7 Å². The van der Waals surface area contributed by atoms with Gasteiger partial charge in [-0.05, 0) is 74.2 Å². The fourth-order valence-corrected chi connectivity index (χ4v) is 6.72. The van der Waals surface area contributed by atoms with E-state index in [2.05, 4.69) is 70.1 Å². The van der Waals surface area contributed by atoms with Crippen molar-refractivity contribution in [3.05, 3.63) is 46.3 Å². The van der Waals surface area contributed by atoms with Gasteiger partial charge in [-0.2, -0.15) is 0 Å². The molecule has 0 radical (unpaired) electrons. The van der Waals surface area contributed by atoms with Crippen molar-refractivity contribution in [2.75, 3.05) is 45.8 Å². The van der Waals surface area contributed by atoms with E-state index in [1.54, 1.807) is 11.3 Å². The molecule has 2 saturated heterocycles. The molecule has 182 valence electrons. The molecule has 1 N–H and O–H groups in total. The van der Waals surface area contributed by atoms with Gasteiger partial charge in [0.25, 0.3) is 0 Å². The summed E-state index contributed by atoms with van der Waals surface area (Å²) in [4.78, 5) is 25.1. The van der Waals surface area contributed by atoms with Gasteiger partial charge in [-0.3, -0.25) is 9.69 Å². The van der Waals surface area contributed by atoms with Crippen molar-refractivity contribution in [2.24, 2.45) is 0 Å². The lowest BCUT2D eigenvalue weighted by Gasteiger charge is -2.39. The van der Waals surface area contributed by atoms with Crippen molar-refractivity contribution in [2.45, 2.75) is 52.5 Å². The lowest BCUT2D eigenvalue weighted by atomic mass is 10.00. The normalized spacial score (nSPS) is 18.7. The number of rotatable bonds is 7. The number of nitrogens with zero attached hydrogens (tertiary/aromatic N) is 3. The van der Waals surface area contributed by atoms with E-state index in [0.717, 1.165) is 71.5 Å². The average Bonchev–Trinajstić information content (AvgIpc) is 3.56. The summed E-state index contributed by atoms with van der Waals surface area (Å²) in [6, 6.07) is 9.17. The van der Waals surface area contributed by atoms with Crippen molar-refractivity contribution in [3.8, 4) is 11.3 Å². The molecule has 1 unspecified atom stereocenters. The highest BCUT2D eigenvalue weighted by Crippen LogP contribution is 2.34. The number of carbonyl (C=O) groups is 1. The Morgan fingerprint density at radius 1 is 1.03 bits per heavy atom. The van der Waals surface area contributed by atoms with Crippen LogP contribution in [-0.4, -0.2) is 77.4 Å². The maximum atomic E-state index is 13.0. The summed E-state index contributed by atoms with van der Waals surface area (Å²) in [5.74, 6) is 0.360. The lowest BCUT2D eigenvalue weighted by Crippen LogP contribution is -2.55. The van der Waals surface area contributed by atoms with E-state index in [0.29, 0.717) is 5.91 Å². The van der Waals surface area contributed by atoms with E-state index in [1.807, 2.05) is 0 Å².